The molecular formula is C136H84O3. The quantitative estimate of drug-likeness (QED) is 0.128. The Morgan fingerprint density at radius 1 is 0.0935 bits per heavy atom. The SMILES string of the molecule is c1cc(-c2cccc3ccccc23)cc(-c2c3ccccc3c(-c3ccc4oc5cc6ccccc6cc5c4c3)c3ccccc23)c1.c1ccc(-c2cc(-c3ccccc3)cc(-c3c4ccccc4c(-c4ccc5oc6cc7ccccc7cc6c5c4)c4ccccc34)c2)cc1.c1ccc(-c2ccc(-c3c4ccccc4c(-c4ccc5oc6cc7ccccc7cc6c5c4)c4ccccc34)cc2)cc1. The van der Waals surface area contributed by atoms with E-state index in [0.717, 1.165) is 65.8 Å². The fraction of sp³-hybridized carbons (Fsp3) is 0. The molecule has 3 aromatic heterocycles. The third-order valence-electron chi connectivity index (χ3n) is 28.6. The van der Waals surface area contributed by atoms with Crippen molar-refractivity contribution in [2.24, 2.45) is 0 Å². The molecule has 0 spiro atoms. The smallest absolute Gasteiger partial charge is 0.136 e. The lowest BCUT2D eigenvalue weighted by atomic mass is 9.84. The van der Waals surface area contributed by atoms with Gasteiger partial charge in [-0.25, -0.2) is 0 Å². The Balaban J connectivity index is 0.000000105. The summed E-state index contributed by atoms with van der Waals surface area (Å²) in [4.78, 5) is 0. The average molecular weight is 1770 g/mol. The molecular weight excluding hydrogens is 1680 g/mol. The molecule has 0 aliphatic carbocycles. The molecule has 646 valence electrons. The van der Waals surface area contributed by atoms with Crippen molar-refractivity contribution < 1.29 is 13.3 Å². The van der Waals surface area contributed by atoms with Crippen molar-refractivity contribution in [2.75, 3.05) is 0 Å². The van der Waals surface area contributed by atoms with E-state index in [1.165, 1.54) is 219 Å². The van der Waals surface area contributed by atoms with Gasteiger partial charge < -0.3 is 13.3 Å². The largest absolute Gasteiger partial charge is 0.456 e. The Bertz CT molecular complexity index is 9780. The van der Waals surface area contributed by atoms with Crippen LogP contribution in [0.5, 0.6) is 0 Å². The minimum absolute atomic E-state index is 0.908. The highest BCUT2D eigenvalue weighted by Gasteiger charge is 2.25. The molecule has 0 unspecified atom stereocenters. The lowest BCUT2D eigenvalue weighted by Crippen LogP contribution is -1.92. The number of rotatable bonds is 10. The van der Waals surface area contributed by atoms with E-state index in [0.29, 0.717) is 0 Å². The van der Waals surface area contributed by atoms with Crippen LogP contribution < -0.4 is 0 Å². The van der Waals surface area contributed by atoms with E-state index in [1.807, 2.05) is 0 Å². The van der Waals surface area contributed by atoms with Gasteiger partial charge in [-0.2, -0.15) is 0 Å². The van der Waals surface area contributed by atoms with E-state index >= 15 is 0 Å². The molecule has 139 heavy (non-hydrogen) atoms. The molecule has 0 saturated heterocycles. The van der Waals surface area contributed by atoms with Crippen LogP contribution in [0.15, 0.2) is 523 Å². The second-order valence-corrected chi connectivity index (χ2v) is 36.6. The number of hydrogen-bond acceptors (Lipinski definition) is 3. The zero-order valence-electron chi connectivity index (χ0n) is 75.7. The highest BCUT2D eigenvalue weighted by molar-refractivity contribution is 6.27. The molecule has 0 N–H and O–H groups in total. The van der Waals surface area contributed by atoms with Gasteiger partial charge in [0.05, 0.1) is 0 Å². The number of fused-ring (bicyclic) bond motifs is 19. The molecule has 29 aromatic rings. The first-order valence-corrected chi connectivity index (χ1v) is 47.8. The normalized spacial score (nSPS) is 11.7. The molecule has 29 rings (SSSR count). The van der Waals surface area contributed by atoms with Crippen LogP contribution in [0.2, 0.25) is 0 Å². The molecule has 0 atom stereocenters. The summed E-state index contributed by atoms with van der Waals surface area (Å²) in [5, 5.41) is 31.6. The summed E-state index contributed by atoms with van der Waals surface area (Å²) in [5.41, 5.74) is 30.0. The molecule has 0 radical (unpaired) electrons. The van der Waals surface area contributed by atoms with Gasteiger partial charge in [-0.05, 0) is 316 Å². The van der Waals surface area contributed by atoms with E-state index < -0.39 is 0 Å². The highest BCUT2D eigenvalue weighted by Crippen LogP contribution is 2.52. The van der Waals surface area contributed by atoms with Crippen LogP contribution in [-0.2, 0) is 0 Å². The molecule has 3 heterocycles. The van der Waals surface area contributed by atoms with Gasteiger partial charge in [-0.1, -0.05) is 413 Å². The molecule has 0 aliphatic rings. The van der Waals surface area contributed by atoms with Crippen LogP contribution in [0.4, 0.5) is 0 Å². The maximum absolute atomic E-state index is 6.40. The zero-order valence-corrected chi connectivity index (χ0v) is 75.7. The number of furan rings is 3. The minimum Gasteiger partial charge on any atom is -0.456 e. The van der Waals surface area contributed by atoms with Crippen LogP contribution in [0.25, 0.3) is 285 Å². The first-order valence-electron chi connectivity index (χ1n) is 47.8. The van der Waals surface area contributed by atoms with Gasteiger partial charge in [0.1, 0.15) is 33.5 Å². The second-order valence-electron chi connectivity index (χ2n) is 36.6. The molecule has 0 fully saturated rings. The van der Waals surface area contributed by atoms with Crippen LogP contribution in [0.1, 0.15) is 0 Å². The Labute approximate surface area is 801 Å². The summed E-state index contributed by atoms with van der Waals surface area (Å²) in [7, 11) is 0. The lowest BCUT2D eigenvalue weighted by molar-refractivity contribution is 0.669. The molecule has 0 bridgehead atoms. The van der Waals surface area contributed by atoms with Crippen molar-refractivity contribution in [2.45, 2.75) is 0 Å². The standard InChI is InChI=1S/C48H30O.C46H28O.C42H26O/c1-3-13-31(14-4-1)36-25-37(32-15-5-2-6-16-32)27-38(26-36)48-41-21-11-9-19-39(41)47(40-20-10-12-22-42(40)48)35-23-24-45-43(29-35)44-28-33-17-7-8-18-34(33)30-46(44)49-45;1-2-13-31-28-44-42(26-30(31)12-1)41-27-34(23-24-43(41)47-44)46-39-20-7-5-18-37(39)45(38-19-6-8-21-40(38)46)33-16-9-15-32(25-33)36-22-10-14-29-11-3-4-17-35(29)36;1-2-10-27(11-3-1)28-18-20-29(21-19-28)41-33-14-6-8-16-35(33)42(36-17-9-7-15-34(36)41)32-22-23-39-37(25-32)38-24-30-12-4-5-13-31(30)26-40(38)43-39/h1-30H;1-28H;1-26H. The average Bonchev–Trinajstić information content (AvgIpc) is 1.65. The summed E-state index contributed by atoms with van der Waals surface area (Å²) in [6, 6.07) is 184. The summed E-state index contributed by atoms with van der Waals surface area (Å²) in [6.07, 6.45) is 0. The topological polar surface area (TPSA) is 39.4 Å². The molecule has 0 saturated carbocycles. The molecule has 26 aromatic carbocycles. The highest BCUT2D eigenvalue weighted by atomic mass is 16.3. The van der Waals surface area contributed by atoms with Crippen molar-refractivity contribution in [3.63, 3.8) is 0 Å². The summed E-state index contributed by atoms with van der Waals surface area (Å²) < 4.78 is 19.1. The molecule has 0 amide bonds. The van der Waals surface area contributed by atoms with Gasteiger partial charge in [0.2, 0.25) is 0 Å². The first-order chi connectivity index (χ1) is 68.9. The fourth-order valence-electron chi connectivity index (χ4n) is 22.3. The van der Waals surface area contributed by atoms with Gasteiger partial charge in [-0.15, -0.1) is 0 Å². The maximum Gasteiger partial charge on any atom is 0.136 e. The van der Waals surface area contributed by atoms with E-state index in [-0.39, 0.29) is 0 Å². The predicted molar refractivity (Wildman–Crippen MR) is 591 cm³/mol. The molecule has 0 aliphatic heterocycles. The van der Waals surface area contributed by atoms with Crippen molar-refractivity contribution >= 4 is 174 Å². The summed E-state index contributed by atoms with van der Waals surface area (Å²) >= 11 is 0. The zero-order chi connectivity index (χ0) is 91.5. The van der Waals surface area contributed by atoms with E-state index in [2.05, 4.69) is 510 Å². The predicted octanol–water partition coefficient (Wildman–Crippen LogP) is 39.0. The van der Waals surface area contributed by atoms with Crippen LogP contribution in [0, 0.1) is 0 Å². The summed E-state index contributed by atoms with van der Waals surface area (Å²) in [6.45, 7) is 0. The van der Waals surface area contributed by atoms with Crippen molar-refractivity contribution in [1.29, 1.82) is 0 Å². The van der Waals surface area contributed by atoms with Crippen molar-refractivity contribution in [3.8, 4) is 111 Å². The van der Waals surface area contributed by atoms with E-state index in [4.69, 9.17) is 13.3 Å². The van der Waals surface area contributed by atoms with Gasteiger partial charge in [0.15, 0.2) is 0 Å². The van der Waals surface area contributed by atoms with Crippen molar-refractivity contribution in [1.82, 2.24) is 0 Å². The van der Waals surface area contributed by atoms with E-state index in [1.54, 1.807) is 0 Å². The lowest BCUT2D eigenvalue weighted by Gasteiger charge is -2.19. The maximum atomic E-state index is 6.40. The molecule has 3 nitrogen and oxygen atoms in total. The molecule has 3 heteroatoms. The number of hydrogen-bond donors (Lipinski definition) is 0. The minimum atomic E-state index is 0.908. The summed E-state index contributed by atoms with van der Waals surface area (Å²) in [5.74, 6) is 0. The van der Waals surface area contributed by atoms with Crippen molar-refractivity contribution in [3.05, 3.63) is 510 Å². The third kappa shape index (κ3) is 14.0. The van der Waals surface area contributed by atoms with Crippen LogP contribution in [-0.4, -0.2) is 0 Å². The van der Waals surface area contributed by atoms with Gasteiger partial charge >= 0.3 is 0 Å². The Hall–Kier alpha value is -18.3. The second kappa shape index (κ2) is 33.4. The fourth-order valence-corrected chi connectivity index (χ4v) is 22.3. The monoisotopic (exact) mass is 1760 g/mol. The third-order valence-corrected chi connectivity index (χ3v) is 28.6. The van der Waals surface area contributed by atoms with Crippen LogP contribution >= 0.6 is 0 Å². The van der Waals surface area contributed by atoms with Gasteiger partial charge in [-0.3, -0.25) is 0 Å². The first kappa shape index (κ1) is 80.4. The van der Waals surface area contributed by atoms with Gasteiger partial charge in [0.25, 0.3) is 0 Å². The van der Waals surface area contributed by atoms with Gasteiger partial charge in [0, 0.05) is 32.3 Å². The Morgan fingerprint density at radius 2 is 0.302 bits per heavy atom. The number of benzene rings is 26. The Morgan fingerprint density at radius 3 is 0.647 bits per heavy atom. The van der Waals surface area contributed by atoms with E-state index in [9.17, 15) is 0 Å². The van der Waals surface area contributed by atoms with Crippen LogP contribution in [0.3, 0.4) is 0 Å². The Kier molecular flexibility index (Phi) is 19.3.